The lowest BCUT2D eigenvalue weighted by atomic mass is 9.90. The normalized spacial score (nSPS) is 13.0. The van der Waals surface area contributed by atoms with Gasteiger partial charge in [-0.25, -0.2) is 9.78 Å². The lowest BCUT2D eigenvalue weighted by molar-refractivity contribution is -0.160. The minimum Gasteiger partial charge on any atom is -0.458 e. The Hall–Kier alpha value is -3.84. The zero-order valence-corrected chi connectivity index (χ0v) is 27.1. The minimum absolute atomic E-state index is 0.119. The van der Waals surface area contributed by atoms with E-state index in [1.165, 1.54) is 4.57 Å². The van der Waals surface area contributed by atoms with Crippen molar-refractivity contribution in [2.45, 2.75) is 59.1 Å². The second-order valence-electron chi connectivity index (χ2n) is 12.3. The van der Waals surface area contributed by atoms with Gasteiger partial charge in [0.25, 0.3) is 11.1 Å². The number of H-pyrrole nitrogens is 2. The number of imidazole rings is 1. The molecule has 0 radical (unpaired) electrons. The smallest absolute Gasteiger partial charge is 0.332 e. The predicted molar refractivity (Wildman–Crippen MR) is 171 cm³/mol. The van der Waals surface area contributed by atoms with Crippen LogP contribution in [0, 0.1) is 0 Å². The van der Waals surface area contributed by atoms with E-state index in [0.29, 0.717) is 38.7 Å². The first-order chi connectivity index (χ1) is 21.3. The zero-order valence-electron chi connectivity index (χ0n) is 27.1. The fourth-order valence-electron chi connectivity index (χ4n) is 4.28. The zero-order chi connectivity index (χ0) is 32.9. The number of carbonyl (C=O) groups is 1. The molecule has 12 heteroatoms. The highest BCUT2D eigenvalue weighted by molar-refractivity contribution is 5.71. The molecule has 0 aliphatic heterocycles. The van der Waals surface area contributed by atoms with Crippen LogP contribution >= 0.6 is 0 Å². The van der Waals surface area contributed by atoms with Crippen LogP contribution in [0.5, 0.6) is 0 Å². The topological polar surface area (TPSA) is 147 Å². The number of aromatic nitrogens is 4. The third-order valence-corrected chi connectivity index (χ3v) is 6.27. The number of hydrogen-bond donors (Lipinski definition) is 2. The maximum atomic E-state index is 13.6. The molecule has 0 spiro atoms. The molecule has 2 N–H and O–H groups in total. The van der Waals surface area contributed by atoms with Crippen molar-refractivity contribution in [1.82, 2.24) is 19.5 Å². The van der Waals surface area contributed by atoms with E-state index in [4.69, 9.17) is 23.7 Å². The first kappa shape index (κ1) is 35.6. The van der Waals surface area contributed by atoms with E-state index < -0.39 is 17.1 Å². The van der Waals surface area contributed by atoms with Gasteiger partial charge in [0.1, 0.15) is 22.9 Å². The van der Waals surface area contributed by atoms with E-state index in [0.717, 1.165) is 11.3 Å². The van der Waals surface area contributed by atoms with E-state index in [-0.39, 0.29) is 48.0 Å². The minimum atomic E-state index is -0.541. The molecule has 1 aromatic carbocycles. The van der Waals surface area contributed by atoms with Crippen LogP contribution in [0.2, 0.25) is 0 Å². The maximum absolute atomic E-state index is 13.6. The molecule has 12 nitrogen and oxygen atoms in total. The molecule has 0 amide bonds. The van der Waals surface area contributed by atoms with Gasteiger partial charge in [-0.1, -0.05) is 51.1 Å². The number of esters is 1. The van der Waals surface area contributed by atoms with Gasteiger partial charge in [-0.2, -0.15) is 0 Å². The number of aromatic amines is 2. The third-order valence-electron chi connectivity index (χ3n) is 6.27. The Morgan fingerprint density at radius 3 is 2.04 bits per heavy atom. The van der Waals surface area contributed by atoms with Gasteiger partial charge >= 0.3 is 5.97 Å². The fraction of sp³-hybridized carbons (Fsp3) is 0.515. The molecule has 0 aliphatic rings. The molecule has 45 heavy (non-hydrogen) atoms. The van der Waals surface area contributed by atoms with Crippen molar-refractivity contribution in [2.75, 3.05) is 52.9 Å². The molecule has 0 bridgehead atoms. The summed E-state index contributed by atoms with van der Waals surface area (Å²) >= 11 is 0. The molecular formula is C33H46N4O8. The highest BCUT2D eigenvalue weighted by Crippen LogP contribution is 2.22. The highest BCUT2D eigenvalue weighted by atomic mass is 16.6. The number of rotatable bonds is 16. The predicted octanol–water partition coefficient (Wildman–Crippen LogP) is 1.62. The van der Waals surface area contributed by atoms with Crippen LogP contribution in [0.1, 0.15) is 58.5 Å². The molecule has 0 aliphatic carbocycles. The molecule has 0 atom stereocenters. The molecule has 0 fully saturated rings. The van der Waals surface area contributed by atoms with Crippen LogP contribution in [-0.4, -0.2) is 83.9 Å². The molecule has 3 rings (SSSR count). The van der Waals surface area contributed by atoms with Crippen molar-refractivity contribution in [1.29, 1.82) is 0 Å². The first-order valence-electron chi connectivity index (χ1n) is 15.0. The molecule has 0 saturated carbocycles. The SMILES string of the molecule is CC(C)(C)OC(=O)COCCOCCOCCOCCn1c(=O)/c(=C/c2nc[nH]c2C(C)(C)C)[nH]c(=O)/c1=C/c1ccccc1. The fourth-order valence-corrected chi connectivity index (χ4v) is 4.28. The molecule has 0 saturated heterocycles. The van der Waals surface area contributed by atoms with Crippen molar-refractivity contribution < 1.29 is 28.5 Å². The van der Waals surface area contributed by atoms with Crippen LogP contribution in [0.15, 0.2) is 46.2 Å². The van der Waals surface area contributed by atoms with Crippen molar-refractivity contribution in [3.63, 3.8) is 0 Å². The van der Waals surface area contributed by atoms with Gasteiger partial charge in [0, 0.05) is 17.7 Å². The van der Waals surface area contributed by atoms with E-state index in [2.05, 4.69) is 15.0 Å². The molecular weight excluding hydrogens is 580 g/mol. The average molecular weight is 627 g/mol. The summed E-state index contributed by atoms with van der Waals surface area (Å²) < 4.78 is 28.5. The standard InChI is InChI=1S/C33H46N4O8/c1-32(2,3)29-25(34-23-35-29)21-26-31(40)37(27(30(39)36-26)20-24-10-8-7-9-11-24)12-13-41-14-15-42-16-17-43-18-19-44-22-28(38)45-33(4,5)6/h7-11,20-21,23H,12-19,22H2,1-6H3,(H,34,35)(H,36,39)/b26-21-,27-20-. The third kappa shape index (κ3) is 12.2. The Kier molecular flexibility index (Phi) is 13.5. The number of ether oxygens (including phenoxy) is 5. The summed E-state index contributed by atoms with van der Waals surface area (Å²) in [5.41, 5.74) is 0.716. The Morgan fingerprint density at radius 2 is 1.44 bits per heavy atom. The van der Waals surface area contributed by atoms with E-state index in [1.807, 2.05) is 51.1 Å². The summed E-state index contributed by atoms with van der Waals surface area (Å²) in [6.45, 7) is 13.7. The molecule has 246 valence electrons. The van der Waals surface area contributed by atoms with Gasteiger partial charge in [-0.3, -0.25) is 14.2 Å². The molecule has 2 heterocycles. The Balaban J connectivity index is 1.53. The summed E-state index contributed by atoms with van der Waals surface area (Å²) in [6, 6.07) is 9.34. The summed E-state index contributed by atoms with van der Waals surface area (Å²) in [4.78, 5) is 48.7. The van der Waals surface area contributed by atoms with Crippen LogP contribution in [0.3, 0.4) is 0 Å². The summed E-state index contributed by atoms with van der Waals surface area (Å²) in [7, 11) is 0. The second kappa shape index (κ2) is 17.0. The van der Waals surface area contributed by atoms with E-state index >= 15 is 0 Å². The van der Waals surface area contributed by atoms with Gasteiger partial charge in [0.05, 0.1) is 58.3 Å². The number of nitrogens with one attached hydrogen (secondary N) is 2. The average Bonchev–Trinajstić information content (AvgIpc) is 3.44. The molecule has 2 aromatic heterocycles. The van der Waals surface area contributed by atoms with Crippen LogP contribution in [0.25, 0.3) is 12.2 Å². The van der Waals surface area contributed by atoms with E-state index in [9.17, 15) is 14.4 Å². The lowest BCUT2D eigenvalue weighted by Gasteiger charge is -2.19. The maximum Gasteiger partial charge on any atom is 0.332 e. The van der Waals surface area contributed by atoms with Crippen LogP contribution in [-0.2, 0) is 40.4 Å². The largest absolute Gasteiger partial charge is 0.458 e. The number of hydrogen-bond acceptors (Lipinski definition) is 9. The van der Waals surface area contributed by atoms with Crippen molar-refractivity contribution in [3.05, 3.63) is 85.0 Å². The Bertz CT molecular complexity index is 1590. The lowest BCUT2D eigenvalue weighted by Crippen LogP contribution is -2.53. The number of carbonyl (C=O) groups excluding carboxylic acids is 1. The monoisotopic (exact) mass is 626 g/mol. The Labute approximate surface area is 263 Å². The molecule has 3 aromatic rings. The highest BCUT2D eigenvalue weighted by Gasteiger charge is 2.19. The summed E-state index contributed by atoms with van der Waals surface area (Å²) in [5, 5.41) is 0.370. The summed E-state index contributed by atoms with van der Waals surface area (Å²) in [6.07, 6.45) is 4.87. The number of nitrogens with zero attached hydrogens (tertiary/aromatic N) is 2. The Morgan fingerprint density at radius 1 is 0.844 bits per heavy atom. The van der Waals surface area contributed by atoms with Crippen LogP contribution in [0.4, 0.5) is 0 Å². The first-order valence-corrected chi connectivity index (χ1v) is 15.0. The number of benzene rings is 1. The van der Waals surface area contributed by atoms with Crippen molar-refractivity contribution in [2.24, 2.45) is 0 Å². The van der Waals surface area contributed by atoms with Gasteiger partial charge in [-0.15, -0.1) is 0 Å². The van der Waals surface area contributed by atoms with Crippen molar-refractivity contribution in [3.8, 4) is 0 Å². The quantitative estimate of drug-likeness (QED) is 0.179. The van der Waals surface area contributed by atoms with Gasteiger partial charge in [0.15, 0.2) is 0 Å². The summed E-state index contributed by atoms with van der Waals surface area (Å²) in [5.74, 6) is -0.414. The van der Waals surface area contributed by atoms with Gasteiger partial charge in [0.2, 0.25) is 0 Å². The van der Waals surface area contributed by atoms with Gasteiger partial charge < -0.3 is 33.7 Å². The van der Waals surface area contributed by atoms with Crippen molar-refractivity contribution >= 4 is 18.1 Å². The van der Waals surface area contributed by atoms with Crippen LogP contribution < -0.4 is 21.8 Å². The van der Waals surface area contributed by atoms with E-state index in [1.54, 1.807) is 39.3 Å². The molecule has 0 unspecified atom stereocenters. The van der Waals surface area contributed by atoms with Gasteiger partial charge in [-0.05, 0) is 38.5 Å². The second-order valence-corrected chi connectivity index (χ2v) is 12.3.